The first kappa shape index (κ1) is 29.2. The second-order valence-corrected chi connectivity index (χ2v) is 6.85. The van der Waals surface area contributed by atoms with Gasteiger partial charge in [-0.2, -0.15) is 0 Å². The van der Waals surface area contributed by atoms with Gasteiger partial charge in [0.25, 0.3) is 0 Å². The Labute approximate surface area is 186 Å². The molecule has 0 aromatic carbocycles. The summed E-state index contributed by atoms with van der Waals surface area (Å²) in [5.74, 6) is -8.58. The van der Waals surface area contributed by atoms with Crippen molar-refractivity contribution in [2.45, 2.75) is 56.3 Å². The van der Waals surface area contributed by atoms with E-state index in [4.69, 9.17) is 31.9 Å². The van der Waals surface area contributed by atoms with E-state index in [0.717, 1.165) is 0 Å². The summed E-state index contributed by atoms with van der Waals surface area (Å²) >= 11 is 0. The van der Waals surface area contributed by atoms with Gasteiger partial charge in [-0.1, -0.05) is 0 Å². The number of primary amides is 1. The predicted octanol–water partition coefficient (Wildman–Crippen LogP) is -4.55. The zero-order valence-corrected chi connectivity index (χ0v) is 17.4. The van der Waals surface area contributed by atoms with E-state index >= 15 is 0 Å². The molecule has 16 nitrogen and oxygen atoms in total. The Hall–Kier alpha value is -3.79. The molecule has 0 spiro atoms. The van der Waals surface area contributed by atoms with E-state index in [1.54, 1.807) is 0 Å². The smallest absolute Gasteiger partial charge is 0.326 e. The Balaban J connectivity index is 5.53. The number of rotatable bonds is 16. The van der Waals surface area contributed by atoms with Gasteiger partial charge in [-0.3, -0.25) is 28.8 Å². The minimum Gasteiger partial charge on any atom is -0.481 e. The summed E-state index contributed by atoms with van der Waals surface area (Å²) < 4.78 is 0. The van der Waals surface area contributed by atoms with Crippen molar-refractivity contribution in [2.75, 3.05) is 6.61 Å². The number of aliphatic hydroxyl groups excluding tert-OH is 1. The Bertz CT molecular complexity index is 772. The Morgan fingerprint density at radius 3 is 1.55 bits per heavy atom. The van der Waals surface area contributed by atoms with Gasteiger partial charge in [0.1, 0.15) is 24.2 Å². The third kappa shape index (κ3) is 12.0. The maximum absolute atomic E-state index is 12.6. The van der Waals surface area contributed by atoms with Crippen molar-refractivity contribution in [3.05, 3.63) is 0 Å². The lowest BCUT2D eigenvalue weighted by Crippen LogP contribution is -2.58. The number of hydrogen-bond acceptors (Lipinski definition) is 9. The number of nitrogens with two attached hydrogens (primary N) is 2. The first-order valence-corrected chi connectivity index (χ1v) is 9.50. The fourth-order valence-electron chi connectivity index (χ4n) is 2.38. The number of amides is 4. The number of carbonyl (C=O) groups excluding carboxylic acids is 4. The molecule has 0 saturated carbocycles. The molecule has 0 fully saturated rings. The molecule has 0 rings (SSSR count). The summed E-state index contributed by atoms with van der Waals surface area (Å²) in [7, 11) is 0. The van der Waals surface area contributed by atoms with Crippen LogP contribution in [-0.2, 0) is 33.6 Å². The van der Waals surface area contributed by atoms with E-state index in [1.165, 1.54) is 0 Å². The average Bonchev–Trinajstić information content (AvgIpc) is 2.71. The van der Waals surface area contributed by atoms with Gasteiger partial charge in [0, 0.05) is 12.8 Å². The first-order chi connectivity index (χ1) is 15.3. The van der Waals surface area contributed by atoms with Gasteiger partial charge in [-0.05, 0) is 12.8 Å². The Kier molecular flexibility index (Phi) is 12.7. The number of carbonyl (C=O) groups is 7. The minimum atomic E-state index is -1.72. The van der Waals surface area contributed by atoms with Crippen molar-refractivity contribution in [3.63, 3.8) is 0 Å². The Morgan fingerprint density at radius 1 is 0.697 bits per heavy atom. The van der Waals surface area contributed by atoms with Gasteiger partial charge >= 0.3 is 17.9 Å². The van der Waals surface area contributed by atoms with Gasteiger partial charge in [-0.15, -0.1) is 0 Å². The van der Waals surface area contributed by atoms with Crippen molar-refractivity contribution >= 4 is 41.5 Å². The molecule has 0 radical (unpaired) electrons. The van der Waals surface area contributed by atoms with Crippen molar-refractivity contribution < 1.29 is 54.0 Å². The van der Waals surface area contributed by atoms with Crippen LogP contribution in [0.1, 0.15) is 32.1 Å². The van der Waals surface area contributed by atoms with Crippen molar-refractivity contribution in [1.82, 2.24) is 16.0 Å². The highest BCUT2D eigenvalue weighted by Crippen LogP contribution is 2.04. The van der Waals surface area contributed by atoms with E-state index in [9.17, 15) is 33.6 Å². The average molecular weight is 477 g/mol. The summed E-state index contributed by atoms with van der Waals surface area (Å²) in [6.45, 7) is -0.779. The number of hydrogen-bond donors (Lipinski definition) is 9. The molecule has 0 aromatic rings. The van der Waals surface area contributed by atoms with Crippen LogP contribution in [-0.4, -0.2) is 92.7 Å². The number of nitrogens with one attached hydrogen (secondary N) is 3. The van der Waals surface area contributed by atoms with Crippen LogP contribution in [0.5, 0.6) is 0 Å². The van der Waals surface area contributed by atoms with Crippen LogP contribution in [0.4, 0.5) is 0 Å². The fourth-order valence-corrected chi connectivity index (χ4v) is 2.38. The maximum Gasteiger partial charge on any atom is 0.326 e. The van der Waals surface area contributed by atoms with Gasteiger partial charge in [0.05, 0.1) is 13.0 Å². The normalized spacial score (nSPS) is 14.1. The highest BCUT2D eigenvalue weighted by molar-refractivity contribution is 5.96. The second kappa shape index (κ2) is 14.3. The van der Waals surface area contributed by atoms with Crippen molar-refractivity contribution in [2.24, 2.45) is 11.5 Å². The fraction of sp³-hybridized carbons (Fsp3) is 0.588. The van der Waals surface area contributed by atoms with Crippen LogP contribution in [0.3, 0.4) is 0 Å². The van der Waals surface area contributed by atoms with Crippen molar-refractivity contribution in [3.8, 4) is 0 Å². The highest BCUT2D eigenvalue weighted by Gasteiger charge is 2.31. The molecule has 0 heterocycles. The van der Waals surface area contributed by atoms with E-state index < -0.39 is 104 Å². The lowest BCUT2D eigenvalue weighted by Gasteiger charge is -2.24. The van der Waals surface area contributed by atoms with Crippen LogP contribution >= 0.6 is 0 Å². The summed E-state index contributed by atoms with van der Waals surface area (Å²) in [5.41, 5.74) is 10.4. The number of carboxylic acid groups (broad SMARTS) is 3. The van der Waals surface area contributed by atoms with Crippen molar-refractivity contribution in [1.29, 1.82) is 0 Å². The maximum atomic E-state index is 12.6. The molecular formula is C17H27N5O11. The zero-order chi connectivity index (χ0) is 25.7. The molecule has 4 unspecified atom stereocenters. The monoisotopic (exact) mass is 477 g/mol. The van der Waals surface area contributed by atoms with Crippen LogP contribution in [0.15, 0.2) is 0 Å². The van der Waals surface area contributed by atoms with Crippen LogP contribution in [0, 0.1) is 0 Å². The highest BCUT2D eigenvalue weighted by atomic mass is 16.4. The topological polar surface area (TPSA) is 289 Å². The van der Waals surface area contributed by atoms with Gasteiger partial charge in [0.2, 0.25) is 23.6 Å². The first-order valence-electron chi connectivity index (χ1n) is 9.50. The summed E-state index contributed by atoms with van der Waals surface area (Å²) in [5, 5.41) is 41.7. The number of aliphatic carboxylic acids is 3. The molecule has 16 heteroatoms. The van der Waals surface area contributed by atoms with E-state index in [2.05, 4.69) is 10.6 Å². The second-order valence-electron chi connectivity index (χ2n) is 6.85. The van der Waals surface area contributed by atoms with Crippen LogP contribution < -0.4 is 27.4 Å². The summed E-state index contributed by atoms with van der Waals surface area (Å²) in [6.07, 6.45) is -2.93. The van der Waals surface area contributed by atoms with E-state index in [-0.39, 0.29) is 0 Å². The summed E-state index contributed by atoms with van der Waals surface area (Å²) in [6, 6.07) is -6.36. The third-order valence-corrected chi connectivity index (χ3v) is 4.11. The number of carboxylic acids is 3. The molecule has 4 amide bonds. The molecule has 0 aliphatic carbocycles. The third-order valence-electron chi connectivity index (χ3n) is 4.11. The Morgan fingerprint density at radius 2 is 1.12 bits per heavy atom. The quantitative estimate of drug-likeness (QED) is 0.101. The number of aliphatic hydroxyl groups is 1. The van der Waals surface area contributed by atoms with Gasteiger partial charge in [0.15, 0.2) is 0 Å². The van der Waals surface area contributed by atoms with E-state index in [1.807, 2.05) is 5.32 Å². The molecular weight excluding hydrogens is 450 g/mol. The molecule has 0 aliphatic rings. The lowest BCUT2D eigenvalue weighted by molar-refractivity contribution is -0.143. The zero-order valence-electron chi connectivity index (χ0n) is 17.4. The van der Waals surface area contributed by atoms with Gasteiger partial charge in [-0.25, -0.2) is 4.79 Å². The standard InChI is InChI=1S/C17H27N5O11/c18-7(6-23)14(29)20-8(1-3-12(25)26)15(30)22-10(5-11(19)24)16(31)21-9(17(32)33)2-4-13(27)28/h7-10,23H,1-6,18H2,(H2,19,24)(H,20,29)(H,21,31)(H,22,30)(H,25,26)(H,27,28)(H,32,33). The molecule has 0 aromatic heterocycles. The van der Waals surface area contributed by atoms with Gasteiger partial charge < -0.3 is 47.8 Å². The van der Waals surface area contributed by atoms with E-state index in [0.29, 0.717) is 0 Å². The molecule has 33 heavy (non-hydrogen) atoms. The molecule has 186 valence electrons. The largest absolute Gasteiger partial charge is 0.481 e. The molecule has 4 atom stereocenters. The lowest BCUT2D eigenvalue weighted by atomic mass is 10.1. The predicted molar refractivity (Wildman–Crippen MR) is 106 cm³/mol. The molecule has 0 bridgehead atoms. The molecule has 11 N–H and O–H groups in total. The molecule has 0 aliphatic heterocycles. The molecule has 0 saturated heterocycles. The minimum absolute atomic E-state index is 0.452. The van der Waals surface area contributed by atoms with Crippen LogP contribution in [0.25, 0.3) is 0 Å². The van der Waals surface area contributed by atoms with Crippen LogP contribution in [0.2, 0.25) is 0 Å². The SMILES string of the molecule is NC(=O)CC(NC(=O)C(CCC(=O)O)NC(=O)C(N)CO)C(=O)NC(CCC(=O)O)C(=O)O. The summed E-state index contributed by atoms with van der Waals surface area (Å²) in [4.78, 5) is 81.0.